The summed E-state index contributed by atoms with van der Waals surface area (Å²) in [4.78, 5) is 26.3. The maximum Gasteiger partial charge on any atom is 0.340 e. The average Bonchev–Trinajstić information content (AvgIpc) is 2.89. The molecule has 3 rings (SSSR count). The number of nitrogens with zero attached hydrogens (tertiary/aromatic N) is 1. The minimum absolute atomic E-state index is 0.122. The molecule has 140 valence electrons. The molecular weight excluding hydrogens is 334 g/mol. The maximum atomic E-state index is 12.4. The molecule has 1 N–H and O–H groups in total. The summed E-state index contributed by atoms with van der Waals surface area (Å²) in [7, 11) is 1.29. The number of aromatic hydroxyl groups is 1. The Balaban J connectivity index is 2.05. The van der Waals surface area contributed by atoms with Crippen molar-refractivity contribution in [2.75, 3.05) is 20.2 Å². The smallest absolute Gasteiger partial charge is 0.340 e. The molecule has 0 bridgehead atoms. The van der Waals surface area contributed by atoms with Crippen molar-refractivity contribution in [3.05, 3.63) is 39.2 Å². The van der Waals surface area contributed by atoms with Crippen molar-refractivity contribution in [3.63, 3.8) is 0 Å². The third kappa shape index (κ3) is 3.75. The van der Waals surface area contributed by atoms with Crippen molar-refractivity contribution in [1.29, 1.82) is 0 Å². The van der Waals surface area contributed by atoms with Gasteiger partial charge >= 0.3 is 11.6 Å². The van der Waals surface area contributed by atoms with Crippen LogP contribution < -0.4 is 5.63 Å². The first kappa shape index (κ1) is 18.5. The van der Waals surface area contributed by atoms with Crippen LogP contribution in [0.3, 0.4) is 0 Å². The molecule has 0 amide bonds. The van der Waals surface area contributed by atoms with Crippen LogP contribution in [0.1, 0.15) is 42.4 Å². The summed E-state index contributed by atoms with van der Waals surface area (Å²) >= 11 is 0. The van der Waals surface area contributed by atoms with E-state index in [4.69, 9.17) is 4.42 Å². The van der Waals surface area contributed by atoms with Crippen LogP contribution >= 0.6 is 0 Å². The molecule has 2 aromatic rings. The largest absolute Gasteiger partial charge is 0.507 e. The third-order valence-electron chi connectivity index (χ3n) is 5.16. The van der Waals surface area contributed by atoms with Crippen LogP contribution in [0.4, 0.5) is 0 Å². The van der Waals surface area contributed by atoms with Crippen molar-refractivity contribution in [3.8, 4) is 5.75 Å². The topological polar surface area (TPSA) is 80.0 Å². The molecule has 1 fully saturated rings. The number of carbonyl (C=O) groups is 1. The quantitative estimate of drug-likeness (QED) is 0.668. The Morgan fingerprint density at radius 2 is 1.88 bits per heavy atom. The van der Waals surface area contributed by atoms with Gasteiger partial charge in [0, 0.05) is 11.9 Å². The zero-order chi connectivity index (χ0) is 18.7. The van der Waals surface area contributed by atoms with Gasteiger partial charge in [0.25, 0.3) is 0 Å². The molecule has 1 aromatic heterocycles. The minimum Gasteiger partial charge on any atom is -0.507 e. The summed E-state index contributed by atoms with van der Waals surface area (Å²) in [6.45, 7) is 4.28. The van der Waals surface area contributed by atoms with Gasteiger partial charge in [-0.3, -0.25) is 9.69 Å². The molecule has 0 saturated carbocycles. The number of aryl methyl sites for hydroxylation is 1. The molecule has 1 aliphatic rings. The Bertz CT molecular complexity index is 863. The van der Waals surface area contributed by atoms with E-state index in [1.807, 2.05) is 0 Å². The molecule has 0 spiro atoms. The Labute approximate surface area is 152 Å². The second-order valence-corrected chi connectivity index (χ2v) is 6.88. The fourth-order valence-electron chi connectivity index (χ4n) is 3.59. The molecule has 6 nitrogen and oxygen atoms in total. The van der Waals surface area contributed by atoms with Crippen LogP contribution in [-0.2, 0) is 22.5 Å². The van der Waals surface area contributed by atoms with E-state index in [1.54, 1.807) is 19.1 Å². The number of esters is 1. The highest BCUT2D eigenvalue weighted by atomic mass is 16.5. The highest BCUT2D eigenvalue weighted by molar-refractivity contribution is 5.87. The molecule has 0 atom stereocenters. The van der Waals surface area contributed by atoms with Crippen molar-refractivity contribution in [2.24, 2.45) is 0 Å². The van der Waals surface area contributed by atoms with Crippen LogP contribution in [0.15, 0.2) is 21.3 Å². The van der Waals surface area contributed by atoms with Crippen molar-refractivity contribution < 1.29 is 19.1 Å². The molecule has 1 aliphatic heterocycles. The summed E-state index contributed by atoms with van der Waals surface area (Å²) < 4.78 is 10.2. The van der Waals surface area contributed by atoms with Gasteiger partial charge in [-0.25, -0.2) is 4.79 Å². The van der Waals surface area contributed by atoms with Crippen LogP contribution in [0.5, 0.6) is 5.75 Å². The number of ether oxygens (including phenoxy) is 1. The van der Waals surface area contributed by atoms with Gasteiger partial charge in [0.15, 0.2) is 0 Å². The SMILES string of the molecule is COC(=O)Cc1c(C)c2ccc(O)c(CN3CCCCCC3)c2oc1=O. The van der Waals surface area contributed by atoms with Gasteiger partial charge in [-0.15, -0.1) is 0 Å². The molecule has 0 radical (unpaired) electrons. The number of phenolic OH excluding ortho intramolecular Hbond substituents is 1. The van der Waals surface area contributed by atoms with Crippen LogP contribution in [0.25, 0.3) is 11.0 Å². The number of fused-ring (bicyclic) bond motifs is 1. The molecule has 26 heavy (non-hydrogen) atoms. The molecule has 1 aromatic carbocycles. The maximum absolute atomic E-state index is 12.4. The molecule has 0 unspecified atom stereocenters. The highest BCUT2D eigenvalue weighted by Crippen LogP contribution is 2.31. The van der Waals surface area contributed by atoms with Gasteiger partial charge in [-0.2, -0.15) is 0 Å². The molecule has 6 heteroatoms. The molecule has 0 aliphatic carbocycles. The van der Waals surface area contributed by atoms with Gasteiger partial charge in [-0.1, -0.05) is 12.8 Å². The first-order valence-corrected chi connectivity index (χ1v) is 9.07. The van der Waals surface area contributed by atoms with E-state index in [0.29, 0.717) is 28.8 Å². The second-order valence-electron chi connectivity index (χ2n) is 6.88. The lowest BCUT2D eigenvalue weighted by molar-refractivity contribution is -0.139. The lowest BCUT2D eigenvalue weighted by Crippen LogP contribution is -2.24. The van der Waals surface area contributed by atoms with E-state index in [0.717, 1.165) is 31.3 Å². The number of benzene rings is 1. The Morgan fingerprint density at radius 1 is 1.19 bits per heavy atom. The van der Waals surface area contributed by atoms with Crippen LogP contribution in [0.2, 0.25) is 0 Å². The standard InChI is InChI=1S/C20H25NO5/c1-13-14-7-8-17(22)16(12-21-9-5-3-4-6-10-21)19(14)26-20(24)15(13)11-18(23)25-2/h7-8,22H,3-6,9-12H2,1-2H3. The predicted octanol–water partition coefficient (Wildman–Crippen LogP) is 2.90. The summed E-state index contributed by atoms with van der Waals surface area (Å²) in [6.07, 6.45) is 4.60. The number of likely N-dealkylation sites (tertiary alicyclic amines) is 1. The van der Waals surface area contributed by atoms with Gasteiger partial charge in [0.05, 0.1) is 24.7 Å². The van der Waals surface area contributed by atoms with E-state index in [1.165, 1.54) is 20.0 Å². The van der Waals surface area contributed by atoms with Crippen molar-refractivity contribution in [1.82, 2.24) is 4.90 Å². The summed E-state index contributed by atoms with van der Waals surface area (Å²) in [5.41, 5.74) is 1.48. The Morgan fingerprint density at radius 3 is 2.54 bits per heavy atom. The number of phenols is 1. The van der Waals surface area contributed by atoms with E-state index >= 15 is 0 Å². The highest BCUT2D eigenvalue weighted by Gasteiger charge is 2.20. The lowest BCUT2D eigenvalue weighted by atomic mass is 10.0. The van der Waals surface area contributed by atoms with E-state index in [9.17, 15) is 14.7 Å². The van der Waals surface area contributed by atoms with E-state index in [2.05, 4.69) is 9.64 Å². The number of hydrogen-bond acceptors (Lipinski definition) is 6. The van der Waals surface area contributed by atoms with Gasteiger partial charge in [-0.05, 0) is 50.6 Å². The van der Waals surface area contributed by atoms with E-state index < -0.39 is 11.6 Å². The third-order valence-corrected chi connectivity index (χ3v) is 5.16. The second kappa shape index (κ2) is 7.91. The minimum atomic E-state index is -0.553. The fraction of sp³-hybridized carbons (Fsp3) is 0.500. The number of methoxy groups -OCH3 is 1. The van der Waals surface area contributed by atoms with Crippen molar-refractivity contribution >= 4 is 16.9 Å². The fourth-order valence-corrected chi connectivity index (χ4v) is 3.59. The summed E-state index contributed by atoms with van der Waals surface area (Å²) in [6, 6.07) is 3.36. The summed E-state index contributed by atoms with van der Waals surface area (Å²) in [5, 5.41) is 11.1. The van der Waals surface area contributed by atoms with Crippen LogP contribution in [0, 0.1) is 6.92 Å². The summed E-state index contributed by atoms with van der Waals surface area (Å²) in [5.74, 6) is -0.353. The predicted molar refractivity (Wildman–Crippen MR) is 98.4 cm³/mol. The first-order valence-electron chi connectivity index (χ1n) is 9.07. The first-order chi connectivity index (χ1) is 12.5. The van der Waals surface area contributed by atoms with Crippen molar-refractivity contribution in [2.45, 2.75) is 45.6 Å². The molecule has 1 saturated heterocycles. The molecular formula is C20H25NO5. The normalized spacial score (nSPS) is 15.8. The molecule has 2 heterocycles. The Hall–Kier alpha value is -2.34. The van der Waals surface area contributed by atoms with Gasteiger partial charge in [0.1, 0.15) is 11.3 Å². The monoisotopic (exact) mass is 359 g/mol. The number of hydrogen-bond donors (Lipinski definition) is 1. The zero-order valence-electron chi connectivity index (χ0n) is 15.3. The lowest BCUT2D eigenvalue weighted by Gasteiger charge is -2.21. The van der Waals surface area contributed by atoms with E-state index in [-0.39, 0.29) is 12.2 Å². The van der Waals surface area contributed by atoms with Crippen LogP contribution in [-0.4, -0.2) is 36.2 Å². The van der Waals surface area contributed by atoms with Gasteiger partial charge < -0.3 is 14.3 Å². The number of rotatable bonds is 4. The number of carbonyl (C=O) groups excluding carboxylic acids is 1. The average molecular weight is 359 g/mol. The zero-order valence-corrected chi connectivity index (χ0v) is 15.3. The van der Waals surface area contributed by atoms with Gasteiger partial charge in [0.2, 0.25) is 0 Å². The Kier molecular flexibility index (Phi) is 5.61.